The molecule has 3 heteroatoms. The number of H-pyrrole nitrogens is 1. The zero-order valence-electron chi connectivity index (χ0n) is 11.4. The van der Waals surface area contributed by atoms with Crippen LogP contribution in [0.4, 0.5) is 0 Å². The highest BCUT2D eigenvalue weighted by Crippen LogP contribution is 2.25. The van der Waals surface area contributed by atoms with Gasteiger partial charge in [0, 0.05) is 30.9 Å². The number of hydrogen-bond acceptors (Lipinski definition) is 1. The number of nitrogens with one attached hydrogen (secondary N) is 1. The van der Waals surface area contributed by atoms with Gasteiger partial charge in [-0.25, -0.2) is 0 Å². The number of carbonyl (C=O) groups is 1. The zero-order valence-corrected chi connectivity index (χ0v) is 11.4. The molecule has 19 heavy (non-hydrogen) atoms. The van der Waals surface area contributed by atoms with Gasteiger partial charge in [0.15, 0.2) is 0 Å². The molecule has 0 radical (unpaired) electrons. The largest absolute Gasteiger partial charge is 0.361 e. The van der Waals surface area contributed by atoms with E-state index in [1.807, 2.05) is 42.4 Å². The van der Waals surface area contributed by atoms with E-state index in [1.165, 1.54) is 25.7 Å². The van der Waals surface area contributed by atoms with E-state index in [0.717, 1.165) is 23.0 Å². The van der Waals surface area contributed by atoms with Crippen LogP contribution in [0.1, 0.15) is 36.0 Å². The molecule has 0 saturated heterocycles. The average molecular weight is 256 g/mol. The number of carbonyl (C=O) groups excluding carboxylic acids is 1. The van der Waals surface area contributed by atoms with Crippen LogP contribution < -0.4 is 0 Å². The lowest BCUT2D eigenvalue weighted by molar-refractivity contribution is 0.0773. The maximum Gasteiger partial charge on any atom is 0.253 e. The predicted octanol–water partition coefficient (Wildman–Crippen LogP) is 3.43. The Hall–Kier alpha value is -1.77. The van der Waals surface area contributed by atoms with E-state index in [2.05, 4.69) is 4.98 Å². The lowest BCUT2D eigenvalue weighted by Crippen LogP contribution is -2.31. The Morgan fingerprint density at radius 1 is 1.32 bits per heavy atom. The summed E-state index contributed by atoms with van der Waals surface area (Å²) in [5.74, 6) is 0.826. The third-order valence-corrected chi connectivity index (χ3v) is 4.16. The van der Waals surface area contributed by atoms with Crippen molar-refractivity contribution in [2.75, 3.05) is 13.6 Å². The van der Waals surface area contributed by atoms with Gasteiger partial charge in [-0.1, -0.05) is 18.9 Å². The molecule has 0 aliphatic heterocycles. The first-order chi connectivity index (χ1) is 9.24. The number of rotatable bonds is 3. The third-order valence-electron chi connectivity index (χ3n) is 4.16. The summed E-state index contributed by atoms with van der Waals surface area (Å²) in [6.07, 6.45) is 7.09. The van der Waals surface area contributed by atoms with Crippen molar-refractivity contribution in [3.8, 4) is 0 Å². The Kier molecular flexibility index (Phi) is 3.28. The fourth-order valence-corrected chi connectivity index (χ4v) is 3.06. The van der Waals surface area contributed by atoms with Crippen LogP contribution in [0.15, 0.2) is 30.5 Å². The van der Waals surface area contributed by atoms with Gasteiger partial charge in [-0.05, 0) is 42.3 Å². The van der Waals surface area contributed by atoms with Crippen molar-refractivity contribution in [2.45, 2.75) is 25.7 Å². The van der Waals surface area contributed by atoms with Crippen molar-refractivity contribution < 1.29 is 4.79 Å². The second-order valence-corrected chi connectivity index (χ2v) is 5.62. The topological polar surface area (TPSA) is 36.1 Å². The van der Waals surface area contributed by atoms with Gasteiger partial charge in [-0.15, -0.1) is 0 Å². The van der Waals surface area contributed by atoms with Crippen LogP contribution >= 0.6 is 0 Å². The molecule has 1 aliphatic rings. The molecular formula is C16H20N2O. The molecule has 1 aromatic carbocycles. The summed E-state index contributed by atoms with van der Waals surface area (Å²) in [5.41, 5.74) is 1.80. The molecule has 0 spiro atoms. The van der Waals surface area contributed by atoms with E-state index in [9.17, 15) is 4.79 Å². The first-order valence-electron chi connectivity index (χ1n) is 7.06. The minimum absolute atomic E-state index is 0.128. The molecule has 1 aromatic heterocycles. The zero-order chi connectivity index (χ0) is 13.2. The third kappa shape index (κ3) is 2.50. The van der Waals surface area contributed by atoms with Crippen molar-refractivity contribution in [3.63, 3.8) is 0 Å². The van der Waals surface area contributed by atoms with Gasteiger partial charge in [0.25, 0.3) is 5.91 Å². The monoisotopic (exact) mass is 256 g/mol. The Labute approximate surface area is 113 Å². The van der Waals surface area contributed by atoms with Crippen LogP contribution in [0, 0.1) is 5.92 Å². The van der Waals surface area contributed by atoms with Crippen molar-refractivity contribution >= 4 is 16.8 Å². The molecular weight excluding hydrogens is 236 g/mol. The van der Waals surface area contributed by atoms with E-state index in [4.69, 9.17) is 0 Å². The van der Waals surface area contributed by atoms with Crippen LogP contribution in [0.25, 0.3) is 10.9 Å². The maximum absolute atomic E-state index is 12.4. The van der Waals surface area contributed by atoms with Crippen molar-refractivity contribution in [1.82, 2.24) is 9.88 Å². The Morgan fingerprint density at radius 2 is 2.11 bits per heavy atom. The van der Waals surface area contributed by atoms with Crippen LogP contribution in [0.3, 0.4) is 0 Å². The summed E-state index contributed by atoms with van der Waals surface area (Å²) in [4.78, 5) is 17.4. The number of aromatic nitrogens is 1. The van der Waals surface area contributed by atoms with Gasteiger partial charge >= 0.3 is 0 Å². The molecule has 1 amide bonds. The highest BCUT2D eigenvalue weighted by Gasteiger charge is 2.20. The molecule has 3 nitrogen and oxygen atoms in total. The van der Waals surface area contributed by atoms with Crippen LogP contribution in [0.2, 0.25) is 0 Å². The standard InChI is InChI=1S/C16H20N2O/c1-18(11-12-4-2-3-5-12)16(19)14-7-6-13-8-9-17-15(13)10-14/h6-10,12,17H,2-5,11H2,1H3. The summed E-state index contributed by atoms with van der Waals surface area (Å²) in [6, 6.07) is 7.89. The number of benzene rings is 1. The van der Waals surface area contributed by atoms with Crippen LogP contribution in [-0.4, -0.2) is 29.4 Å². The summed E-state index contributed by atoms with van der Waals surface area (Å²) < 4.78 is 0. The molecule has 0 bridgehead atoms. The lowest BCUT2D eigenvalue weighted by atomic mass is 10.1. The van der Waals surface area contributed by atoms with Gasteiger partial charge in [0.05, 0.1) is 0 Å². The number of fused-ring (bicyclic) bond motifs is 1. The van der Waals surface area contributed by atoms with Crippen LogP contribution in [0.5, 0.6) is 0 Å². The summed E-state index contributed by atoms with van der Waals surface area (Å²) >= 11 is 0. The lowest BCUT2D eigenvalue weighted by Gasteiger charge is -2.21. The molecule has 1 aliphatic carbocycles. The first-order valence-corrected chi connectivity index (χ1v) is 7.06. The Morgan fingerprint density at radius 3 is 2.89 bits per heavy atom. The normalized spacial score (nSPS) is 16.1. The van der Waals surface area contributed by atoms with Gasteiger partial charge in [-0.3, -0.25) is 4.79 Å². The molecule has 100 valence electrons. The maximum atomic E-state index is 12.4. The highest BCUT2D eigenvalue weighted by molar-refractivity contribution is 5.97. The molecule has 3 rings (SSSR count). The van der Waals surface area contributed by atoms with Gasteiger partial charge in [0.1, 0.15) is 0 Å². The number of aromatic amines is 1. The molecule has 1 N–H and O–H groups in total. The molecule has 0 unspecified atom stereocenters. The fourth-order valence-electron chi connectivity index (χ4n) is 3.06. The molecule has 0 atom stereocenters. The highest BCUT2D eigenvalue weighted by atomic mass is 16.2. The van der Waals surface area contributed by atoms with Crippen molar-refractivity contribution in [3.05, 3.63) is 36.0 Å². The van der Waals surface area contributed by atoms with Gasteiger partial charge in [0.2, 0.25) is 0 Å². The smallest absolute Gasteiger partial charge is 0.253 e. The summed E-state index contributed by atoms with van der Waals surface area (Å²) in [6.45, 7) is 0.890. The van der Waals surface area contributed by atoms with E-state index < -0.39 is 0 Å². The molecule has 1 heterocycles. The van der Waals surface area contributed by atoms with Crippen LogP contribution in [-0.2, 0) is 0 Å². The molecule has 2 aromatic rings. The number of amides is 1. The second-order valence-electron chi connectivity index (χ2n) is 5.62. The minimum Gasteiger partial charge on any atom is -0.361 e. The van der Waals surface area contributed by atoms with E-state index in [-0.39, 0.29) is 5.91 Å². The first kappa shape index (κ1) is 12.3. The Bertz CT molecular complexity index is 581. The summed E-state index contributed by atoms with van der Waals surface area (Å²) in [5, 5.41) is 1.15. The summed E-state index contributed by atoms with van der Waals surface area (Å²) in [7, 11) is 1.92. The van der Waals surface area contributed by atoms with E-state index in [1.54, 1.807) is 0 Å². The average Bonchev–Trinajstić information content (AvgIpc) is 3.07. The number of nitrogens with zero attached hydrogens (tertiary/aromatic N) is 1. The quantitative estimate of drug-likeness (QED) is 0.897. The SMILES string of the molecule is CN(CC1CCCC1)C(=O)c1ccc2cc[nH]c2c1. The predicted molar refractivity (Wildman–Crippen MR) is 77.2 cm³/mol. The molecule has 1 fully saturated rings. The second kappa shape index (κ2) is 5.08. The van der Waals surface area contributed by atoms with E-state index in [0.29, 0.717) is 5.92 Å². The van der Waals surface area contributed by atoms with Crippen molar-refractivity contribution in [2.24, 2.45) is 5.92 Å². The fraction of sp³-hybridized carbons (Fsp3) is 0.438. The molecule has 1 saturated carbocycles. The minimum atomic E-state index is 0.128. The van der Waals surface area contributed by atoms with Crippen molar-refractivity contribution in [1.29, 1.82) is 0 Å². The Balaban J connectivity index is 1.74. The van der Waals surface area contributed by atoms with Gasteiger partial charge < -0.3 is 9.88 Å². The number of hydrogen-bond donors (Lipinski definition) is 1. The van der Waals surface area contributed by atoms with Gasteiger partial charge in [-0.2, -0.15) is 0 Å². The van der Waals surface area contributed by atoms with E-state index >= 15 is 0 Å².